The topological polar surface area (TPSA) is 35.2 Å². The van der Waals surface area contributed by atoms with Gasteiger partial charge in [-0.05, 0) is 17.8 Å². The van der Waals surface area contributed by atoms with Gasteiger partial charge in [-0.3, -0.25) is 0 Å². The van der Waals surface area contributed by atoms with Crippen molar-refractivity contribution in [1.29, 1.82) is 0 Å². The zero-order valence-electron chi connectivity index (χ0n) is 8.18. The molecule has 0 aliphatic heterocycles. The van der Waals surface area contributed by atoms with Crippen molar-refractivity contribution in [3.8, 4) is 0 Å². The summed E-state index contributed by atoms with van der Waals surface area (Å²) in [6.45, 7) is 9.98. The van der Waals surface area contributed by atoms with Crippen LogP contribution in [-0.4, -0.2) is 13.3 Å². The minimum absolute atomic E-state index is 0.271. The second kappa shape index (κ2) is 4.73. The molecule has 2 nitrogen and oxygen atoms in total. The van der Waals surface area contributed by atoms with Crippen molar-refractivity contribution in [3.63, 3.8) is 0 Å². The van der Waals surface area contributed by atoms with E-state index in [0.717, 1.165) is 12.5 Å². The van der Waals surface area contributed by atoms with Gasteiger partial charge < -0.3 is 10.5 Å². The van der Waals surface area contributed by atoms with E-state index in [-0.39, 0.29) is 5.41 Å². The number of ether oxygens (including phenoxy) is 1. The van der Waals surface area contributed by atoms with Crippen LogP contribution >= 0.6 is 0 Å². The van der Waals surface area contributed by atoms with Crippen molar-refractivity contribution < 1.29 is 4.74 Å². The molecule has 0 bridgehead atoms. The van der Waals surface area contributed by atoms with E-state index in [0.29, 0.717) is 6.73 Å². The summed E-state index contributed by atoms with van der Waals surface area (Å²) in [7, 11) is 0. The molecule has 0 heterocycles. The van der Waals surface area contributed by atoms with Crippen LogP contribution in [0, 0.1) is 11.3 Å². The normalized spacial score (nSPS) is 12.5. The Morgan fingerprint density at radius 1 is 1.36 bits per heavy atom. The van der Waals surface area contributed by atoms with Gasteiger partial charge in [-0.15, -0.1) is 0 Å². The predicted molar refractivity (Wildman–Crippen MR) is 48.2 cm³/mol. The molecule has 68 valence electrons. The van der Waals surface area contributed by atoms with Gasteiger partial charge in [0.25, 0.3) is 0 Å². The molecule has 11 heavy (non-hydrogen) atoms. The standard InChI is InChI=1S/C9H21NO/c1-8(2)5-9(3,4)6-11-7-10/h8H,5-7,10H2,1-4H3. The van der Waals surface area contributed by atoms with Gasteiger partial charge in [0.05, 0.1) is 13.3 Å². The number of nitrogens with two attached hydrogens (primary N) is 1. The van der Waals surface area contributed by atoms with Gasteiger partial charge in [0, 0.05) is 0 Å². The Morgan fingerprint density at radius 3 is 2.27 bits per heavy atom. The van der Waals surface area contributed by atoms with Crippen LogP contribution in [0.3, 0.4) is 0 Å². The molecule has 0 saturated heterocycles. The van der Waals surface area contributed by atoms with E-state index in [4.69, 9.17) is 10.5 Å². The van der Waals surface area contributed by atoms with Crippen LogP contribution < -0.4 is 5.73 Å². The first-order valence-electron chi connectivity index (χ1n) is 4.26. The Hall–Kier alpha value is -0.0800. The molecular formula is C9H21NO. The zero-order chi connectivity index (χ0) is 8.91. The Kier molecular flexibility index (Phi) is 4.69. The highest BCUT2D eigenvalue weighted by Crippen LogP contribution is 2.24. The Balaban J connectivity index is 3.61. The van der Waals surface area contributed by atoms with Gasteiger partial charge >= 0.3 is 0 Å². The lowest BCUT2D eigenvalue weighted by molar-refractivity contribution is 0.0551. The molecule has 0 aliphatic rings. The molecule has 0 aliphatic carbocycles. The Morgan fingerprint density at radius 2 is 1.91 bits per heavy atom. The number of rotatable bonds is 5. The molecule has 0 saturated carbocycles. The third-order valence-corrected chi connectivity index (χ3v) is 1.57. The van der Waals surface area contributed by atoms with E-state index < -0.39 is 0 Å². The van der Waals surface area contributed by atoms with Gasteiger partial charge in [0.15, 0.2) is 0 Å². The van der Waals surface area contributed by atoms with Crippen molar-refractivity contribution in [2.24, 2.45) is 17.1 Å². The minimum Gasteiger partial charge on any atom is -0.366 e. The fraction of sp³-hybridized carbons (Fsp3) is 1.00. The maximum absolute atomic E-state index is 5.24. The summed E-state index contributed by atoms with van der Waals surface area (Å²) in [4.78, 5) is 0. The van der Waals surface area contributed by atoms with Crippen molar-refractivity contribution in [2.75, 3.05) is 13.3 Å². The van der Waals surface area contributed by atoms with E-state index in [1.165, 1.54) is 6.42 Å². The number of hydrogen-bond acceptors (Lipinski definition) is 2. The second-order valence-corrected chi connectivity index (χ2v) is 4.28. The average Bonchev–Trinajstić information content (AvgIpc) is 1.81. The summed E-state index contributed by atoms with van der Waals surface area (Å²) in [6.07, 6.45) is 1.19. The SMILES string of the molecule is CC(C)CC(C)(C)COCN. The van der Waals surface area contributed by atoms with Crippen molar-refractivity contribution >= 4 is 0 Å². The fourth-order valence-corrected chi connectivity index (χ4v) is 1.50. The highest BCUT2D eigenvalue weighted by atomic mass is 16.5. The molecule has 0 rings (SSSR count). The first-order chi connectivity index (χ1) is 4.98. The van der Waals surface area contributed by atoms with Gasteiger partial charge in [-0.2, -0.15) is 0 Å². The van der Waals surface area contributed by atoms with Gasteiger partial charge in [0.2, 0.25) is 0 Å². The van der Waals surface area contributed by atoms with Crippen molar-refractivity contribution in [2.45, 2.75) is 34.1 Å². The van der Waals surface area contributed by atoms with E-state index in [2.05, 4.69) is 27.7 Å². The summed E-state index contributed by atoms with van der Waals surface area (Å²) in [5.74, 6) is 0.728. The Bertz CT molecular complexity index is 99.7. The lowest BCUT2D eigenvalue weighted by Crippen LogP contribution is -2.23. The summed E-state index contributed by atoms with van der Waals surface area (Å²) < 4.78 is 5.18. The smallest absolute Gasteiger partial charge is 0.0940 e. The maximum atomic E-state index is 5.24. The summed E-state index contributed by atoms with van der Waals surface area (Å²) in [5.41, 5.74) is 5.52. The minimum atomic E-state index is 0.271. The third-order valence-electron chi connectivity index (χ3n) is 1.57. The molecule has 2 heteroatoms. The second-order valence-electron chi connectivity index (χ2n) is 4.28. The molecule has 0 amide bonds. The van der Waals surface area contributed by atoms with E-state index in [1.807, 2.05) is 0 Å². The first-order valence-corrected chi connectivity index (χ1v) is 4.26. The van der Waals surface area contributed by atoms with Crippen LogP contribution in [0.4, 0.5) is 0 Å². The quantitative estimate of drug-likeness (QED) is 0.623. The predicted octanol–water partition coefficient (Wildman–Crippen LogP) is 1.99. The lowest BCUT2D eigenvalue weighted by Gasteiger charge is -2.25. The highest BCUT2D eigenvalue weighted by molar-refractivity contribution is 4.69. The monoisotopic (exact) mass is 159 g/mol. The van der Waals surface area contributed by atoms with Crippen LogP contribution in [0.25, 0.3) is 0 Å². The lowest BCUT2D eigenvalue weighted by atomic mass is 9.85. The van der Waals surface area contributed by atoms with Gasteiger partial charge in [-0.1, -0.05) is 27.7 Å². The molecule has 0 aromatic heterocycles. The largest absolute Gasteiger partial charge is 0.366 e. The third kappa shape index (κ3) is 6.32. The molecule has 0 aromatic carbocycles. The van der Waals surface area contributed by atoms with Gasteiger partial charge in [0.1, 0.15) is 0 Å². The molecule has 0 aromatic rings. The molecule has 0 atom stereocenters. The summed E-state index contributed by atoms with van der Waals surface area (Å²) in [6, 6.07) is 0. The highest BCUT2D eigenvalue weighted by Gasteiger charge is 2.18. The van der Waals surface area contributed by atoms with Crippen molar-refractivity contribution in [1.82, 2.24) is 0 Å². The fourth-order valence-electron chi connectivity index (χ4n) is 1.50. The van der Waals surface area contributed by atoms with Crippen molar-refractivity contribution in [3.05, 3.63) is 0 Å². The zero-order valence-corrected chi connectivity index (χ0v) is 8.18. The maximum Gasteiger partial charge on any atom is 0.0940 e. The van der Waals surface area contributed by atoms with Crippen LogP contribution in [0.2, 0.25) is 0 Å². The Labute approximate surface area is 70.1 Å². The molecule has 0 spiro atoms. The van der Waals surface area contributed by atoms with E-state index in [1.54, 1.807) is 0 Å². The van der Waals surface area contributed by atoms with Crippen LogP contribution in [0.15, 0.2) is 0 Å². The van der Waals surface area contributed by atoms with E-state index >= 15 is 0 Å². The molecule has 0 radical (unpaired) electrons. The van der Waals surface area contributed by atoms with Crippen LogP contribution in [0.1, 0.15) is 34.1 Å². The molecule has 0 unspecified atom stereocenters. The first kappa shape index (κ1) is 10.9. The number of hydrogen-bond donors (Lipinski definition) is 1. The van der Waals surface area contributed by atoms with Crippen LogP contribution in [-0.2, 0) is 4.74 Å². The average molecular weight is 159 g/mol. The van der Waals surface area contributed by atoms with E-state index in [9.17, 15) is 0 Å². The molecule has 2 N–H and O–H groups in total. The molecule has 0 fully saturated rings. The molecular weight excluding hydrogens is 138 g/mol. The van der Waals surface area contributed by atoms with Gasteiger partial charge in [-0.25, -0.2) is 0 Å². The summed E-state index contributed by atoms with van der Waals surface area (Å²) >= 11 is 0. The summed E-state index contributed by atoms with van der Waals surface area (Å²) in [5, 5.41) is 0. The van der Waals surface area contributed by atoms with Crippen LogP contribution in [0.5, 0.6) is 0 Å².